The highest BCUT2D eigenvalue weighted by atomic mass is 16.1. The van der Waals surface area contributed by atoms with Gasteiger partial charge in [0.25, 0.3) is 5.91 Å². The number of carbonyl (C=O) groups excluding carboxylic acids is 1. The minimum absolute atomic E-state index is 0.0932. The summed E-state index contributed by atoms with van der Waals surface area (Å²) >= 11 is 0. The van der Waals surface area contributed by atoms with E-state index < -0.39 is 0 Å². The van der Waals surface area contributed by atoms with Crippen molar-refractivity contribution >= 4 is 5.91 Å². The summed E-state index contributed by atoms with van der Waals surface area (Å²) in [4.78, 5) is 20.7. The van der Waals surface area contributed by atoms with Crippen LogP contribution < -0.4 is 5.32 Å². The molecule has 0 saturated carbocycles. The van der Waals surface area contributed by atoms with Gasteiger partial charge in [0.15, 0.2) is 5.82 Å². The Balaban J connectivity index is 1.78. The van der Waals surface area contributed by atoms with Crippen LogP contribution in [0.15, 0.2) is 73.1 Å². The van der Waals surface area contributed by atoms with Crippen molar-refractivity contribution in [3.63, 3.8) is 0 Å². The van der Waals surface area contributed by atoms with Crippen molar-refractivity contribution in [1.29, 1.82) is 0 Å². The van der Waals surface area contributed by atoms with Crippen LogP contribution in [0.2, 0.25) is 0 Å². The summed E-state index contributed by atoms with van der Waals surface area (Å²) in [5.41, 5.74) is 2.56. The van der Waals surface area contributed by atoms with Gasteiger partial charge in [0.05, 0.1) is 0 Å². The van der Waals surface area contributed by atoms with E-state index in [1.807, 2.05) is 42.5 Å². The first-order valence-electron chi connectivity index (χ1n) is 7.03. The number of aromatic nitrogens is 2. The Morgan fingerprint density at radius 3 is 2.32 bits per heavy atom. The SMILES string of the molecule is O=C(NCc1ccccc1-c1ncccn1)c1ccccc1. The smallest absolute Gasteiger partial charge is 0.251 e. The summed E-state index contributed by atoms with van der Waals surface area (Å²) in [7, 11) is 0. The second-order valence-corrected chi connectivity index (χ2v) is 4.78. The van der Waals surface area contributed by atoms with Crippen LogP contribution in [-0.2, 0) is 6.54 Å². The van der Waals surface area contributed by atoms with Crippen molar-refractivity contribution in [3.8, 4) is 11.4 Å². The molecule has 4 heteroatoms. The minimum Gasteiger partial charge on any atom is -0.348 e. The highest BCUT2D eigenvalue weighted by molar-refractivity contribution is 5.94. The summed E-state index contributed by atoms with van der Waals surface area (Å²) < 4.78 is 0. The van der Waals surface area contributed by atoms with E-state index >= 15 is 0 Å². The van der Waals surface area contributed by atoms with Crippen molar-refractivity contribution in [2.75, 3.05) is 0 Å². The molecule has 4 nitrogen and oxygen atoms in total. The molecule has 2 aromatic carbocycles. The fourth-order valence-electron chi connectivity index (χ4n) is 2.20. The van der Waals surface area contributed by atoms with E-state index in [-0.39, 0.29) is 5.91 Å². The van der Waals surface area contributed by atoms with Crippen LogP contribution in [-0.4, -0.2) is 15.9 Å². The zero-order valence-corrected chi connectivity index (χ0v) is 11.9. The maximum Gasteiger partial charge on any atom is 0.251 e. The molecule has 0 fully saturated rings. The van der Waals surface area contributed by atoms with Crippen molar-refractivity contribution in [3.05, 3.63) is 84.2 Å². The van der Waals surface area contributed by atoms with E-state index in [0.717, 1.165) is 11.1 Å². The fraction of sp³-hybridized carbons (Fsp3) is 0.0556. The minimum atomic E-state index is -0.0932. The highest BCUT2D eigenvalue weighted by Gasteiger charge is 2.09. The normalized spacial score (nSPS) is 10.2. The second-order valence-electron chi connectivity index (χ2n) is 4.78. The Bertz CT molecular complexity index is 758. The Hall–Kier alpha value is -3.01. The van der Waals surface area contributed by atoms with Gasteiger partial charge in [-0.15, -0.1) is 0 Å². The Morgan fingerprint density at radius 1 is 0.864 bits per heavy atom. The van der Waals surface area contributed by atoms with Gasteiger partial charge in [0.1, 0.15) is 0 Å². The van der Waals surface area contributed by atoms with Gasteiger partial charge < -0.3 is 5.32 Å². The summed E-state index contributed by atoms with van der Waals surface area (Å²) in [5, 5.41) is 2.93. The first kappa shape index (κ1) is 13.9. The van der Waals surface area contributed by atoms with Crippen molar-refractivity contribution in [1.82, 2.24) is 15.3 Å². The van der Waals surface area contributed by atoms with Gasteiger partial charge in [-0.05, 0) is 23.8 Å². The Labute approximate surface area is 128 Å². The predicted molar refractivity (Wildman–Crippen MR) is 85.1 cm³/mol. The van der Waals surface area contributed by atoms with Gasteiger partial charge in [0, 0.05) is 30.1 Å². The molecular formula is C18H15N3O. The van der Waals surface area contributed by atoms with E-state index in [1.165, 1.54) is 0 Å². The number of nitrogens with zero attached hydrogens (tertiary/aromatic N) is 2. The molecule has 0 atom stereocenters. The van der Waals surface area contributed by atoms with Crippen LogP contribution >= 0.6 is 0 Å². The Kier molecular flexibility index (Phi) is 4.20. The average molecular weight is 289 g/mol. The summed E-state index contributed by atoms with van der Waals surface area (Å²) in [6, 6.07) is 18.8. The van der Waals surface area contributed by atoms with E-state index in [1.54, 1.807) is 30.6 Å². The predicted octanol–water partition coefficient (Wildman–Crippen LogP) is 3.07. The number of benzene rings is 2. The van der Waals surface area contributed by atoms with E-state index in [4.69, 9.17) is 0 Å². The molecule has 108 valence electrons. The third-order valence-electron chi connectivity index (χ3n) is 3.30. The number of amides is 1. The third-order valence-corrected chi connectivity index (χ3v) is 3.30. The van der Waals surface area contributed by atoms with Crippen molar-refractivity contribution in [2.45, 2.75) is 6.54 Å². The molecule has 0 aliphatic rings. The molecule has 22 heavy (non-hydrogen) atoms. The first-order valence-corrected chi connectivity index (χ1v) is 7.03. The number of hydrogen-bond acceptors (Lipinski definition) is 3. The number of carbonyl (C=O) groups is 1. The molecule has 0 radical (unpaired) electrons. The van der Waals surface area contributed by atoms with Crippen LogP contribution in [0, 0.1) is 0 Å². The average Bonchev–Trinajstić information content (AvgIpc) is 2.61. The van der Waals surface area contributed by atoms with Crippen molar-refractivity contribution in [2.24, 2.45) is 0 Å². The van der Waals surface area contributed by atoms with Crippen LogP contribution in [0.1, 0.15) is 15.9 Å². The second kappa shape index (κ2) is 6.63. The summed E-state index contributed by atoms with van der Waals surface area (Å²) in [6.45, 7) is 0.433. The molecule has 1 heterocycles. The van der Waals surface area contributed by atoms with Gasteiger partial charge in [-0.2, -0.15) is 0 Å². The lowest BCUT2D eigenvalue weighted by Gasteiger charge is -2.09. The fourth-order valence-corrected chi connectivity index (χ4v) is 2.20. The lowest BCUT2D eigenvalue weighted by Crippen LogP contribution is -2.23. The zero-order valence-electron chi connectivity index (χ0n) is 11.9. The lowest BCUT2D eigenvalue weighted by molar-refractivity contribution is 0.0951. The molecule has 0 bridgehead atoms. The zero-order chi connectivity index (χ0) is 15.2. The molecule has 0 unspecified atom stereocenters. The monoisotopic (exact) mass is 289 g/mol. The van der Waals surface area contributed by atoms with E-state index in [9.17, 15) is 4.79 Å². The summed E-state index contributed by atoms with van der Waals surface area (Å²) in [5.74, 6) is 0.566. The van der Waals surface area contributed by atoms with Crippen LogP contribution in [0.25, 0.3) is 11.4 Å². The van der Waals surface area contributed by atoms with Crippen LogP contribution in [0.4, 0.5) is 0 Å². The molecule has 0 saturated heterocycles. The van der Waals surface area contributed by atoms with E-state index in [0.29, 0.717) is 17.9 Å². The van der Waals surface area contributed by atoms with Gasteiger partial charge in [-0.25, -0.2) is 9.97 Å². The first-order chi connectivity index (χ1) is 10.8. The van der Waals surface area contributed by atoms with Crippen molar-refractivity contribution < 1.29 is 4.79 Å². The maximum atomic E-state index is 12.1. The quantitative estimate of drug-likeness (QED) is 0.803. The Morgan fingerprint density at radius 2 is 1.55 bits per heavy atom. The molecular weight excluding hydrogens is 274 g/mol. The highest BCUT2D eigenvalue weighted by Crippen LogP contribution is 2.19. The standard InChI is InChI=1S/C18H15N3O/c22-18(14-7-2-1-3-8-14)21-13-15-9-4-5-10-16(15)17-19-11-6-12-20-17/h1-12H,13H2,(H,21,22). The van der Waals surface area contributed by atoms with Gasteiger partial charge >= 0.3 is 0 Å². The van der Waals surface area contributed by atoms with Gasteiger partial charge in [-0.3, -0.25) is 4.79 Å². The molecule has 0 aliphatic carbocycles. The lowest BCUT2D eigenvalue weighted by atomic mass is 10.1. The van der Waals surface area contributed by atoms with Gasteiger partial charge in [-0.1, -0.05) is 42.5 Å². The summed E-state index contributed by atoms with van der Waals surface area (Å²) in [6.07, 6.45) is 3.42. The molecule has 0 spiro atoms. The molecule has 1 N–H and O–H groups in total. The third kappa shape index (κ3) is 3.17. The molecule has 3 rings (SSSR count). The molecule has 0 aliphatic heterocycles. The topological polar surface area (TPSA) is 54.9 Å². The van der Waals surface area contributed by atoms with Crippen LogP contribution in [0.5, 0.6) is 0 Å². The van der Waals surface area contributed by atoms with E-state index in [2.05, 4.69) is 15.3 Å². The van der Waals surface area contributed by atoms with Crippen LogP contribution in [0.3, 0.4) is 0 Å². The van der Waals surface area contributed by atoms with Gasteiger partial charge in [0.2, 0.25) is 0 Å². The number of rotatable bonds is 4. The molecule has 3 aromatic rings. The number of nitrogens with one attached hydrogen (secondary N) is 1. The molecule has 1 aromatic heterocycles. The maximum absolute atomic E-state index is 12.1. The number of hydrogen-bond donors (Lipinski definition) is 1. The molecule has 1 amide bonds. The largest absolute Gasteiger partial charge is 0.348 e.